The molecule has 0 aromatic rings. The van der Waals surface area contributed by atoms with E-state index in [1.165, 1.54) is 12.8 Å². The van der Waals surface area contributed by atoms with Gasteiger partial charge < -0.3 is 15.5 Å². The molecule has 80 valence electrons. The minimum Gasteiger partial charge on any atom is -0.335 e. The maximum Gasteiger partial charge on any atom is 0.317 e. The van der Waals surface area contributed by atoms with Crippen molar-refractivity contribution in [1.29, 1.82) is 0 Å². The minimum atomic E-state index is 0.148. The summed E-state index contributed by atoms with van der Waals surface area (Å²) in [5.41, 5.74) is 0. The van der Waals surface area contributed by atoms with Gasteiger partial charge in [0, 0.05) is 19.1 Å². The van der Waals surface area contributed by atoms with Gasteiger partial charge in [-0.1, -0.05) is 0 Å². The fourth-order valence-electron chi connectivity index (χ4n) is 1.72. The van der Waals surface area contributed by atoms with E-state index in [-0.39, 0.29) is 6.03 Å². The first-order chi connectivity index (χ1) is 6.86. The molecule has 0 radical (unpaired) electrons. The van der Waals surface area contributed by atoms with Gasteiger partial charge in [-0.05, 0) is 38.8 Å². The summed E-state index contributed by atoms with van der Waals surface area (Å²) in [5.74, 6) is 0. The summed E-state index contributed by atoms with van der Waals surface area (Å²) < 4.78 is 0. The summed E-state index contributed by atoms with van der Waals surface area (Å²) in [6.07, 6.45) is 4.47. The fourth-order valence-corrected chi connectivity index (χ4v) is 1.72. The van der Waals surface area contributed by atoms with E-state index < -0.39 is 0 Å². The molecule has 2 amide bonds. The van der Waals surface area contributed by atoms with Crippen molar-refractivity contribution in [3.8, 4) is 0 Å². The van der Waals surface area contributed by atoms with Gasteiger partial charge in [-0.2, -0.15) is 0 Å². The summed E-state index contributed by atoms with van der Waals surface area (Å²) in [7, 11) is 0. The first-order valence-electron chi connectivity index (χ1n) is 5.62. The number of urea groups is 1. The number of amides is 2. The van der Waals surface area contributed by atoms with Crippen LogP contribution >= 0.6 is 0 Å². The maximum absolute atomic E-state index is 11.7. The van der Waals surface area contributed by atoms with E-state index >= 15 is 0 Å². The van der Waals surface area contributed by atoms with E-state index in [2.05, 4.69) is 10.6 Å². The number of hydrogen-bond acceptors (Lipinski definition) is 2. The molecule has 1 heterocycles. The second-order valence-corrected chi connectivity index (χ2v) is 4.17. The van der Waals surface area contributed by atoms with E-state index in [0.717, 1.165) is 39.0 Å². The third kappa shape index (κ3) is 2.87. The molecule has 2 aliphatic rings. The third-order valence-corrected chi connectivity index (χ3v) is 2.76. The van der Waals surface area contributed by atoms with Crippen molar-refractivity contribution < 1.29 is 4.79 Å². The van der Waals surface area contributed by atoms with Gasteiger partial charge in [0.15, 0.2) is 0 Å². The highest BCUT2D eigenvalue weighted by molar-refractivity contribution is 5.74. The number of carbonyl (C=O) groups excluding carboxylic acids is 1. The second-order valence-electron chi connectivity index (χ2n) is 4.17. The van der Waals surface area contributed by atoms with Crippen LogP contribution in [0.1, 0.15) is 25.7 Å². The van der Waals surface area contributed by atoms with Gasteiger partial charge in [0.2, 0.25) is 0 Å². The largest absolute Gasteiger partial charge is 0.335 e. The van der Waals surface area contributed by atoms with Crippen molar-refractivity contribution in [2.45, 2.75) is 31.7 Å². The number of hydrogen-bond donors (Lipinski definition) is 2. The van der Waals surface area contributed by atoms with Gasteiger partial charge in [-0.15, -0.1) is 0 Å². The zero-order valence-electron chi connectivity index (χ0n) is 8.59. The summed E-state index contributed by atoms with van der Waals surface area (Å²) in [5, 5.41) is 6.38. The smallest absolute Gasteiger partial charge is 0.317 e. The van der Waals surface area contributed by atoms with Crippen molar-refractivity contribution in [3.05, 3.63) is 0 Å². The molecule has 0 unspecified atom stereocenters. The highest BCUT2D eigenvalue weighted by atomic mass is 16.2. The quantitative estimate of drug-likeness (QED) is 0.644. The fraction of sp³-hybridized carbons (Fsp3) is 0.900. The first kappa shape index (κ1) is 9.77. The van der Waals surface area contributed by atoms with E-state index in [0.29, 0.717) is 6.04 Å². The van der Waals surface area contributed by atoms with E-state index in [1.807, 2.05) is 4.90 Å². The molecule has 1 saturated heterocycles. The minimum absolute atomic E-state index is 0.148. The predicted octanol–water partition coefficient (Wildman–Crippen LogP) is 0.544. The number of nitrogens with zero attached hydrogens (tertiary/aromatic N) is 1. The summed E-state index contributed by atoms with van der Waals surface area (Å²) in [6, 6.07) is 0.625. The molecule has 4 nitrogen and oxygen atoms in total. The van der Waals surface area contributed by atoms with Crippen LogP contribution in [0.3, 0.4) is 0 Å². The lowest BCUT2D eigenvalue weighted by atomic mass is 10.3. The van der Waals surface area contributed by atoms with E-state index in [4.69, 9.17) is 0 Å². The van der Waals surface area contributed by atoms with E-state index in [1.54, 1.807) is 0 Å². The van der Waals surface area contributed by atoms with Crippen molar-refractivity contribution in [2.75, 3.05) is 26.2 Å². The molecule has 2 N–H and O–H groups in total. The third-order valence-electron chi connectivity index (χ3n) is 2.76. The van der Waals surface area contributed by atoms with Crippen LogP contribution in [0, 0.1) is 0 Å². The molecule has 1 saturated carbocycles. The molecule has 1 aliphatic heterocycles. The van der Waals surface area contributed by atoms with Crippen LogP contribution in [0.4, 0.5) is 4.79 Å². The Morgan fingerprint density at radius 2 is 1.86 bits per heavy atom. The predicted molar refractivity (Wildman–Crippen MR) is 55.2 cm³/mol. The molecular formula is C10H19N3O. The maximum atomic E-state index is 11.7. The standard InChI is InChI=1S/C10H19N3O/c14-10(12-9-3-4-9)13-7-1-5-11-6-2-8-13/h9,11H,1-8H2,(H,12,14). The lowest BCUT2D eigenvalue weighted by Gasteiger charge is -2.25. The Kier molecular flexibility index (Phi) is 3.24. The molecule has 0 aromatic heterocycles. The average molecular weight is 197 g/mol. The average Bonchev–Trinajstić information content (AvgIpc) is 2.86. The highest BCUT2D eigenvalue weighted by Gasteiger charge is 2.25. The van der Waals surface area contributed by atoms with Gasteiger partial charge >= 0.3 is 6.03 Å². The van der Waals surface area contributed by atoms with Crippen LogP contribution in [0.15, 0.2) is 0 Å². The van der Waals surface area contributed by atoms with Crippen molar-refractivity contribution in [3.63, 3.8) is 0 Å². The molecule has 0 spiro atoms. The number of rotatable bonds is 1. The van der Waals surface area contributed by atoms with Crippen LogP contribution in [0.25, 0.3) is 0 Å². The van der Waals surface area contributed by atoms with Crippen molar-refractivity contribution >= 4 is 6.03 Å². The molecule has 0 atom stereocenters. The summed E-state index contributed by atoms with van der Waals surface area (Å²) in [4.78, 5) is 13.7. The molecule has 14 heavy (non-hydrogen) atoms. The van der Waals surface area contributed by atoms with Gasteiger partial charge in [0.25, 0.3) is 0 Å². The molecule has 2 fully saturated rings. The summed E-state index contributed by atoms with van der Waals surface area (Å²) in [6.45, 7) is 3.86. The zero-order valence-corrected chi connectivity index (χ0v) is 8.59. The Labute approximate surface area is 85.0 Å². The molecule has 1 aliphatic carbocycles. The molecule has 2 rings (SSSR count). The Bertz CT molecular complexity index is 196. The van der Waals surface area contributed by atoms with Crippen LogP contribution < -0.4 is 10.6 Å². The highest BCUT2D eigenvalue weighted by Crippen LogP contribution is 2.19. The molecule has 0 bridgehead atoms. The number of nitrogens with one attached hydrogen (secondary N) is 2. The van der Waals surface area contributed by atoms with Gasteiger partial charge in [0.1, 0.15) is 0 Å². The Morgan fingerprint density at radius 3 is 2.43 bits per heavy atom. The van der Waals surface area contributed by atoms with Crippen LogP contribution in [-0.4, -0.2) is 43.2 Å². The SMILES string of the molecule is O=C(NC1CC1)N1CCCNCCC1. The van der Waals surface area contributed by atoms with E-state index in [9.17, 15) is 4.79 Å². The first-order valence-corrected chi connectivity index (χ1v) is 5.62. The molecule has 0 aromatic carbocycles. The Hall–Kier alpha value is -0.770. The van der Waals surface area contributed by atoms with Gasteiger partial charge in [-0.25, -0.2) is 4.79 Å². The molecule has 4 heteroatoms. The lowest BCUT2D eigenvalue weighted by Crippen LogP contribution is -2.44. The Balaban J connectivity index is 1.76. The van der Waals surface area contributed by atoms with Crippen molar-refractivity contribution in [1.82, 2.24) is 15.5 Å². The van der Waals surface area contributed by atoms with Gasteiger partial charge in [0.05, 0.1) is 0 Å². The Morgan fingerprint density at radius 1 is 1.21 bits per heavy atom. The normalized spacial score (nSPS) is 23.9. The molecular weight excluding hydrogens is 178 g/mol. The monoisotopic (exact) mass is 197 g/mol. The zero-order chi connectivity index (χ0) is 9.80. The van der Waals surface area contributed by atoms with Crippen LogP contribution in [-0.2, 0) is 0 Å². The topological polar surface area (TPSA) is 44.4 Å². The second kappa shape index (κ2) is 4.64. The van der Waals surface area contributed by atoms with Crippen LogP contribution in [0.2, 0.25) is 0 Å². The van der Waals surface area contributed by atoms with Gasteiger partial charge in [-0.3, -0.25) is 0 Å². The lowest BCUT2D eigenvalue weighted by molar-refractivity contribution is 0.193. The summed E-state index contributed by atoms with van der Waals surface area (Å²) >= 11 is 0. The van der Waals surface area contributed by atoms with Crippen molar-refractivity contribution in [2.24, 2.45) is 0 Å². The number of carbonyl (C=O) groups is 1. The van der Waals surface area contributed by atoms with Crippen LogP contribution in [0.5, 0.6) is 0 Å².